The summed E-state index contributed by atoms with van der Waals surface area (Å²) >= 11 is 0. The minimum absolute atomic E-state index is 0.275. The Balaban J connectivity index is 2.11. The van der Waals surface area contributed by atoms with E-state index in [1.165, 1.54) is 56.2 Å². The highest BCUT2D eigenvalue weighted by Crippen LogP contribution is 2.18. The Morgan fingerprint density at radius 3 is 2.04 bits per heavy atom. The van der Waals surface area contributed by atoms with Crippen LogP contribution in [0.1, 0.15) is 90.8 Å². The van der Waals surface area contributed by atoms with Gasteiger partial charge in [-0.05, 0) is 25.5 Å². The molecular formula is C17H32N4O2. The number of tetrazole rings is 1. The van der Waals surface area contributed by atoms with E-state index in [0.717, 1.165) is 12.8 Å². The Morgan fingerprint density at radius 2 is 1.52 bits per heavy atom. The molecule has 0 radical (unpaired) electrons. The maximum absolute atomic E-state index is 11.2. The summed E-state index contributed by atoms with van der Waals surface area (Å²) in [6.45, 7) is 6.14. The molecule has 0 aliphatic heterocycles. The van der Waals surface area contributed by atoms with E-state index in [4.69, 9.17) is 5.11 Å². The van der Waals surface area contributed by atoms with E-state index < -0.39 is 11.4 Å². The van der Waals surface area contributed by atoms with Gasteiger partial charge < -0.3 is 5.11 Å². The highest BCUT2D eigenvalue weighted by Gasteiger charge is 2.34. The number of carboxylic acids is 1. The SMILES string of the molecule is CCCCCCCCCCCCn1nnc(C(C)(C)C(=O)O)n1. The Hall–Kier alpha value is -1.46. The third-order valence-corrected chi connectivity index (χ3v) is 4.26. The van der Waals surface area contributed by atoms with Gasteiger partial charge >= 0.3 is 5.97 Å². The molecule has 1 aromatic heterocycles. The Bertz CT molecular complexity index is 457. The number of nitrogens with zero attached hydrogens (tertiary/aromatic N) is 4. The van der Waals surface area contributed by atoms with Crippen molar-refractivity contribution < 1.29 is 9.90 Å². The van der Waals surface area contributed by atoms with Crippen molar-refractivity contribution in [1.29, 1.82) is 0 Å². The second-order valence-electron chi connectivity index (χ2n) is 6.82. The van der Waals surface area contributed by atoms with Gasteiger partial charge in [-0.2, -0.15) is 4.80 Å². The topological polar surface area (TPSA) is 80.9 Å². The van der Waals surface area contributed by atoms with Crippen molar-refractivity contribution in [1.82, 2.24) is 20.2 Å². The van der Waals surface area contributed by atoms with Crippen LogP contribution in [0, 0.1) is 0 Å². The first kappa shape index (κ1) is 19.6. The third kappa shape index (κ3) is 7.10. The van der Waals surface area contributed by atoms with Gasteiger partial charge in [-0.1, -0.05) is 64.7 Å². The molecular weight excluding hydrogens is 292 g/mol. The molecule has 6 nitrogen and oxygen atoms in total. The van der Waals surface area contributed by atoms with Crippen LogP contribution in [-0.4, -0.2) is 31.3 Å². The highest BCUT2D eigenvalue weighted by atomic mass is 16.4. The quantitative estimate of drug-likeness (QED) is 0.555. The number of carbonyl (C=O) groups is 1. The van der Waals surface area contributed by atoms with Gasteiger partial charge in [0.05, 0.1) is 6.54 Å². The van der Waals surface area contributed by atoms with Crippen molar-refractivity contribution >= 4 is 5.97 Å². The largest absolute Gasteiger partial charge is 0.481 e. The van der Waals surface area contributed by atoms with Gasteiger partial charge in [-0.3, -0.25) is 4.79 Å². The van der Waals surface area contributed by atoms with Gasteiger partial charge in [0.2, 0.25) is 0 Å². The molecule has 132 valence electrons. The monoisotopic (exact) mass is 324 g/mol. The Morgan fingerprint density at radius 1 is 1.00 bits per heavy atom. The fraction of sp³-hybridized carbons (Fsp3) is 0.882. The molecule has 0 fully saturated rings. The number of aryl methyl sites for hydroxylation is 1. The zero-order valence-corrected chi connectivity index (χ0v) is 14.9. The molecule has 0 atom stereocenters. The first-order valence-corrected chi connectivity index (χ1v) is 9.00. The molecule has 0 aliphatic carbocycles. The molecule has 0 aliphatic rings. The predicted octanol–water partition coefficient (Wildman–Crippen LogP) is 3.96. The molecule has 0 spiro atoms. The maximum Gasteiger partial charge on any atom is 0.316 e. The van der Waals surface area contributed by atoms with Gasteiger partial charge in [0.15, 0.2) is 5.82 Å². The summed E-state index contributed by atoms with van der Waals surface area (Å²) in [7, 11) is 0. The normalized spacial score (nSPS) is 11.8. The van der Waals surface area contributed by atoms with Crippen LogP contribution in [0.2, 0.25) is 0 Å². The summed E-state index contributed by atoms with van der Waals surface area (Å²) in [4.78, 5) is 12.7. The van der Waals surface area contributed by atoms with Crippen molar-refractivity contribution in [2.24, 2.45) is 0 Å². The van der Waals surface area contributed by atoms with Crippen molar-refractivity contribution in [3.05, 3.63) is 5.82 Å². The molecule has 6 heteroatoms. The average Bonchev–Trinajstić information content (AvgIpc) is 2.98. The number of aliphatic carboxylic acids is 1. The zero-order chi connectivity index (χ0) is 17.1. The molecule has 0 saturated heterocycles. The van der Waals surface area contributed by atoms with E-state index in [0.29, 0.717) is 6.54 Å². The van der Waals surface area contributed by atoms with Crippen molar-refractivity contribution in [2.45, 2.75) is 96.9 Å². The number of rotatable bonds is 13. The molecule has 1 rings (SSSR count). The van der Waals surface area contributed by atoms with E-state index in [2.05, 4.69) is 22.3 Å². The Labute approximate surface area is 139 Å². The van der Waals surface area contributed by atoms with E-state index in [9.17, 15) is 4.79 Å². The van der Waals surface area contributed by atoms with E-state index in [1.807, 2.05) is 0 Å². The lowest BCUT2D eigenvalue weighted by atomic mass is 9.93. The van der Waals surface area contributed by atoms with Gasteiger partial charge in [-0.15, -0.1) is 10.2 Å². The molecule has 0 aromatic carbocycles. The number of hydrogen-bond donors (Lipinski definition) is 1. The van der Waals surface area contributed by atoms with Crippen LogP contribution in [0.5, 0.6) is 0 Å². The molecule has 0 saturated carbocycles. The molecule has 23 heavy (non-hydrogen) atoms. The van der Waals surface area contributed by atoms with Crippen LogP contribution >= 0.6 is 0 Å². The van der Waals surface area contributed by atoms with Crippen LogP contribution < -0.4 is 0 Å². The minimum Gasteiger partial charge on any atom is -0.481 e. The van der Waals surface area contributed by atoms with Gasteiger partial charge in [0.1, 0.15) is 5.41 Å². The van der Waals surface area contributed by atoms with Crippen LogP contribution in [0.15, 0.2) is 0 Å². The lowest BCUT2D eigenvalue weighted by Gasteiger charge is -2.12. The number of aromatic nitrogens is 4. The fourth-order valence-corrected chi connectivity index (χ4v) is 2.42. The standard InChI is InChI=1S/C17H32N4O2/c1-4-5-6-7-8-9-10-11-12-13-14-21-19-15(18-20-21)17(2,3)16(22)23/h4-14H2,1-3H3,(H,22,23). The highest BCUT2D eigenvalue weighted by molar-refractivity contribution is 5.78. The number of hydrogen-bond acceptors (Lipinski definition) is 4. The van der Waals surface area contributed by atoms with Crippen molar-refractivity contribution in [3.63, 3.8) is 0 Å². The minimum atomic E-state index is -1.09. The molecule has 1 heterocycles. The van der Waals surface area contributed by atoms with Crippen LogP contribution in [0.4, 0.5) is 0 Å². The molecule has 0 unspecified atom stereocenters. The molecule has 0 amide bonds. The van der Waals surface area contributed by atoms with Crippen molar-refractivity contribution in [2.75, 3.05) is 0 Å². The second-order valence-corrected chi connectivity index (χ2v) is 6.82. The van der Waals surface area contributed by atoms with Crippen LogP contribution in [0.25, 0.3) is 0 Å². The third-order valence-electron chi connectivity index (χ3n) is 4.26. The predicted molar refractivity (Wildman–Crippen MR) is 90.3 cm³/mol. The molecule has 1 N–H and O–H groups in total. The van der Waals surface area contributed by atoms with E-state index in [1.54, 1.807) is 13.8 Å². The zero-order valence-electron chi connectivity index (χ0n) is 14.9. The second kappa shape index (κ2) is 10.3. The lowest BCUT2D eigenvalue weighted by molar-refractivity contribution is -0.142. The summed E-state index contributed by atoms with van der Waals surface area (Å²) < 4.78 is 0. The van der Waals surface area contributed by atoms with Gasteiger partial charge in [0, 0.05) is 0 Å². The molecule has 0 bridgehead atoms. The fourth-order valence-electron chi connectivity index (χ4n) is 2.42. The lowest BCUT2D eigenvalue weighted by Crippen LogP contribution is -2.30. The summed E-state index contributed by atoms with van der Waals surface area (Å²) in [6.07, 6.45) is 12.8. The van der Waals surface area contributed by atoms with Crippen LogP contribution in [-0.2, 0) is 16.8 Å². The first-order valence-electron chi connectivity index (χ1n) is 9.00. The summed E-state index contributed by atoms with van der Waals surface area (Å²) in [5.41, 5.74) is -1.09. The smallest absolute Gasteiger partial charge is 0.316 e. The van der Waals surface area contributed by atoms with Crippen LogP contribution in [0.3, 0.4) is 0 Å². The first-order chi connectivity index (χ1) is 11.0. The number of carboxylic acid groups (broad SMARTS) is 1. The number of unbranched alkanes of at least 4 members (excludes halogenated alkanes) is 9. The summed E-state index contributed by atoms with van der Waals surface area (Å²) in [6, 6.07) is 0. The summed E-state index contributed by atoms with van der Waals surface area (Å²) in [5.74, 6) is -0.659. The average molecular weight is 324 g/mol. The maximum atomic E-state index is 11.2. The van der Waals surface area contributed by atoms with Gasteiger partial charge in [0.25, 0.3) is 0 Å². The van der Waals surface area contributed by atoms with E-state index in [-0.39, 0.29) is 5.82 Å². The van der Waals surface area contributed by atoms with Gasteiger partial charge in [-0.25, -0.2) is 0 Å². The summed E-state index contributed by atoms with van der Waals surface area (Å²) in [5, 5.41) is 21.2. The van der Waals surface area contributed by atoms with E-state index >= 15 is 0 Å². The Kier molecular flexibility index (Phi) is 8.81. The van der Waals surface area contributed by atoms with Crippen molar-refractivity contribution in [3.8, 4) is 0 Å². The molecule has 1 aromatic rings.